The minimum Gasteiger partial charge on any atom is -0.337 e. The second-order valence-electron chi connectivity index (χ2n) is 5.91. The third-order valence-electron chi connectivity index (χ3n) is 3.42. The Kier molecular flexibility index (Phi) is 3.43. The summed E-state index contributed by atoms with van der Waals surface area (Å²) in [6, 6.07) is 0.301. The van der Waals surface area contributed by atoms with Gasteiger partial charge in [0.25, 0.3) is 5.91 Å². The Morgan fingerprint density at radius 1 is 1.56 bits per heavy atom. The van der Waals surface area contributed by atoms with Gasteiger partial charge in [-0.15, -0.1) is 0 Å². The summed E-state index contributed by atoms with van der Waals surface area (Å²) in [5.41, 5.74) is 0.575. The van der Waals surface area contributed by atoms with E-state index < -0.39 is 0 Å². The number of carbonyl (C=O) groups excluding carboxylic acids is 1. The Balaban J connectivity index is 2.11. The molecule has 100 valence electrons. The molecule has 1 aliphatic heterocycles. The van der Waals surface area contributed by atoms with Gasteiger partial charge in [-0.25, -0.2) is 0 Å². The molecule has 0 bridgehead atoms. The fourth-order valence-corrected chi connectivity index (χ4v) is 2.14. The molecule has 1 aromatic rings. The molecule has 1 saturated heterocycles. The van der Waals surface area contributed by atoms with Gasteiger partial charge >= 0.3 is 0 Å². The lowest BCUT2D eigenvalue weighted by atomic mass is 10.1. The molecule has 1 atom stereocenters. The first-order valence-corrected chi connectivity index (χ1v) is 6.42. The molecular formula is C13H22N4O. The van der Waals surface area contributed by atoms with Crippen molar-refractivity contribution >= 4 is 5.91 Å². The Morgan fingerprint density at radius 3 is 2.78 bits per heavy atom. The average Bonchev–Trinajstić information content (AvgIpc) is 2.96. The molecule has 0 aliphatic carbocycles. The van der Waals surface area contributed by atoms with Crippen LogP contribution in [0.15, 0.2) is 12.4 Å². The molecule has 0 spiro atoms. The van der Waals surface area contributed by atoms with Crippen LogP contribution in [0, 0.1) is 0 Å². The van der Waals surface area contributed by atoms with Crippen molar-refractivity contribution in [3.05, 3.63) is 18.0 Å². The van der Waals surface area contributed by atoms with E-state index in [4.69, 9.17) is 0 Å². The topological polar surface area (TPSA) is 50.2 Å². The maximum atomic E-state index is 12.3. The molecule has 0 saturated carbocycles. The van der Waals surface area contributed by atoms with Crippen LogP contribution in [0.25, 0.3) is 0 Å². The van der Waals surface area contributed by atoms with E-state index in [-0.39, 0.29) is 11.4 Å². The highest BCUT2D eigenvalue weighted by atomic mass is 16.2. The molecule has 0 aromatic carbocycles. The zero-order valence-corrected chi connectivity index (χ0v) is 11.6. The van der Waals surface area contributed by atoms with Crippen molar-refractivity contribution in [1.29, 1.82) is 0 Å². The summed E-state index contributed by atoms with van der Waals surface area (Å²) in [6.45, 7) is 8.08. The first-order valence-electron chi connectivity index (χ1n) is 6.42. The summed E-state index contributed by atoms with van der Waals surface area (Å²) in [4.78, 5) is 14.1. The van der Waals surface area contributed by atoms with E-state index in [2.05, 4.69) is 31.2 Å². The number of amides is 1. The van der Waals surface area contributed by atoms with Gasteiger partial charge in [-0.2, -0.15) is 5.10 Å². The van der Waals surface area contributed by atoms with Gasteiger partial charge in [0.05, 0.1) is 17.3 Å². The summed E-state index contributed by atoms with van der Waals surface area (Å²) < 4.78 is 1.83. The number of nitrogens with one attached hydrogen (secondary N) is 1. The lowest BCUT2D eigenvalue weighted by molar-refractivity contribution is 0.0743. The molecule has 1 fully saturated rings. The van der Waals surface area contributed by atoms with Crippen LogP contribution in [0.1, 0.15) is 37.6 Å². The highest BCUT2D eigenvalue weighted by molar-refractivity contribution is 5.93. The van der Waals surface area contributed by atoms with Crippen LogP contribution < -0.4 is 5.32 Å². The van der Waals surface area contributed by atoms with Crippen molar-refractivity contribution in [2.45, 2.75) is 38.8 Å². The predicted molar refractivity (Wildman–Crippen MR) is 70.6 cm³/mol. The van der Waals surface area contributed by atoms with Crippen molar-refractivity contribution in [2.24, 2.45) is 0 Å². The molecular weight excluding hydrogens is 228 g/mol. The van der Waals surface area contributed by atoms with Gasteiger partial charge in [0.15, 0.2) is 0 Å². The second kappa shape index (κ2) is 4.72. The van der Waals surface area contributed by atoms with E-state index in [0.29, 0.717) is 11.6 Å². The number of hydrogen-bond acceptors (Lipinski definition) is 3. The molecule has 5 heteroatoms. The van der Waals surface area contributed by atoms with Crippen molar-refractivity contribution < 1.29 is 4.79 Å². The van der Waals surface area contributed by atoms with E-state index in [9.17, 15) is 4.79 Å². The van der Waals surface area contributed by atoms with Gasteiger partial charge in [0.1, 0.15) is 0 Å². The van der Waals surface area contributed by atoms with Gasteiger partial charge in [-0.3, -0.25) is 9.48 Å². The van der Waals surface area contributed by atoms with Crippen LogP contribution in [0.3, 0.4) is 0 Å². The molecule has 2 rings (SSSR count). The highest BCUT2D eigenvalue weighted by Crippen LogP contribution is 2.15. The number of likely N-dealkylation sites (N-methyl/N-ethyl adjacent to an activating group) is 1. The zero-order valence-electron chi connectivity index (χ0n) is 11.6. The second-order valence-corrected chi connectivity index (χ2v) is 5.91. The summed E-state index contributed by atoms with van der Waals surface area (Å²) in [6.07, 6.45) is 4.52. The lowest BCUT2D eigenvalue weighted by Crippen LogP contribution is -2.38. The van der Waals surface area contributed by atoms with Crippen molar-refractivity contribution in [3.63, 3.8) is 0 Å². The van der Waals surface area contributed by atoms with Crippen LogP contribution >= 0.6 is 0 Å². The lowest BCUT2D eigenvalue weighted by Gasteiger charge is -2.23. The fourth-order valence-electron chi connectivity index (χ4n) is 2.14. The van der Waals surface area contributed by atoms with Gasteiger partial charge < -0.3 is 10.2 Å². The number of carbonyl (C=O) groups is 1. The molecule has 5 nitrogen and oxygen atoms in total. The molecule has 1 unspecified atom stereocenters. The molecule has 18 heavy (non-hydrogen) atoms. The first kappa shape index (κ1) is 13.1. The van der Waals surface area contributed by atoms with Crippen LogP contribution in [0.5, 0.6) is 0 Å². The average molecular weight is 250 g/mol. The van der Waals surface area contributed by atoms with E-state index >= 15 is 0 Å². The molecule has 0 radical (unpaired) electrons. The third-order valence-corrected chi connectivity index (χ3v) is 3.42. The monoisotopic (exact) mass is 250 g/mol. The predicted octanol–water partition coefficient (Wildman–Crippen LogP) is 1.07. The normalized spacial score (nSPS) is 20.1. The highest BCUT2D eigenvalue weighted by Gasteiger charge is 2.25. The smallest absolute Gasteiger partial charge is 0.257 e. The quantitative estimate of drug-likeness (QED) is 0.854. The Morgan fingerprint density at radius 2 is 2.28 bits per heavy atom. The number of nitrogens with zero attached hydrogens (tertiary/aromatic N) is 3. The summed E-state index contributed by atoms with van der Waals surface area (Å²) in [5, 5.41) is 7.55. The van der Waals surface area contributed by atoms with Crippen LogP contribution in [0.4, 0.5) is 0 Å². The van der Waals surface area contributed by atoms with E-state index in [1.54, 1.807) is 6.20 Å². The van der Waals surface area contributed by atoms with Crippen LogP contribution in [-0.2, 0) is 5.54 Å². The number of hydrogen-bond donors (Lipinski definition) is 1. The Bertz CT molecular complexity index is 426. The third kappa shape index (κ3) is 2.56. The molecule has 1 N–H and O–H groups in total. The van der Waals surface area contributed by atoms with E-state index in [1.807, 2.05) is 22.8 Å². The molecule has 1 aliphatic rings. The van der Waals surface area contributed by atoms with E-state index in [1.165, 1.54) is 0 Å². The maximum absolute atomic E-state index is 12.3. The molecule has 2 heterocycles. The van der Waals surface area contributed by atoms with Crippen molar-refractivity contribution in [3.8, 4) is 0 Å². The van der Waals surface area contributed by atoms with E-state index in [0.717, 1.165) is 19.5 Å². The van der Waals surface area contributed by atoms with Gasteiger partial charge in [-0.05, 0) is 33.7 Å². The van der Waals surface area contributed by atoms with Crippen molar-refractivity contribution in [2.75, 3.05) is 20.1 Å². The molecule has 1 aromatic heterocycles. The minimum absolute atomic E-state index is 0.0548. The summed E-state index contributed by atoms with van der Waals surface area (Å²) in [7, 11) is 1.87. The molecule has 1 amide bonds. The standard InChI is InChI=1S/C13H22N4O/c1-13(2,3)17-9-10(7-15-17)12(18)16(4)11-5-6-14-8-11/h7,9,11,14H,5-6,8H2,1-4H3. The zero-order chi connectivity index (χ0) is 13.3. The Hall–Kier alpha value is -1.36. The van der Waals surface area contributed by atoms with Crippen molar-refractivity contribution in [1.82, 2.24) is 20.0 Å². The SMILES string of the molecule is CN(C(=O)c1cnn(C(C)(C)C)c1)C1CCNC1. The fraction of sp³-hybridized carbons (Fsp3) is 0.692. The van der Waals surface area contributed by atoms with Crippen LogP contribution in [0.2, 0.25) is 0 Å². The number of rotatable bonds is 2. The van der Waals surface area contributed by atoms with Crippen LogP contribution in [-0.4, -0.2) is 46.8 Å². The summed E-state index contributed by atoms with van der Waals surface area (Å²) in [5.74, 6) is 0.0548. The van der Waals surface area contributed by atoms with Gasteiger partial charge in [0.2, 0.25) is 0 Å². The van der Waals surface area contributed by atoms with Gasteiger partial charge in [0, 0.05) is 25.8 Å². The Labute approximate surface area is 108 Å². The maximum Gasteiger partial charge on any atom is 0.257 e. The number of aromatic nitrogens is 2. The minimum atomic E-state index is -0.0913. The summed E-state index contributed by atoms with van der Waals surface area (Å²) >= 11 is 0. The largest absolute Gasteiger partial charge is 0.337 e. The van der Waals surface area contributed by atoms with Gasteiger partial charge in [-0.1, -0.05) is 0 Å². The first-order chi connectivity index (χ1) is 8.39.